The number of aryl methyl sites for hydroxylation is 1. The second-order valence-electron chi connectivity index (χ2n) is 3.27. The molecule has 0 unspecified atom stereocenters. The van der Waals surface area contributed by atoms with Gasteiger partial charge in [-0.2, -0.15) is 0 Å². The van der Waals surface area contributed by atoms with Crippen molar-refractivity contribution >= 4 is 5.97 Å². The fourth-order valence-corrected chi connectivity index (χ4v) is 1.07. The zero-order chi connectivity index (χ0) is 12.4. The summed E-state index contributed by atoms with van der Waals surface area (Å²) in [6.45, 7) is 6.31. The van der Waals surface area contributed by atoms with Crippen LogP contribution in [0.5, 0.6) is 0 Å². The predicted octanol–water partition coefficient (Wildman–Crippen LogP) is 2.56. The van der Waals surface area contributed by atoms with Gasteiger partial charge in [0, 0.05) is 6.61 Å². The third-order valence-corrected chi connectivity index (χ3v) is 1.80. The first-order valence-corrected chi connectivity index (χ1v) is 5.50. The van der Waals surface area contributed by atoms with Crippen LogP contribution in [0.2, 0.25) is 0 Å². The van der Waals surface area contributed by atoms with Crippen LogP contribution in [0.15, 0.2) is 24.3 Å². The van der Waals surface area contributed by atoms with Crippen molar-refractivity contribution < 1.29 is 14.6 Å². The molecule has 0 spiro atoms. The van der Waals surface area contributed by atoms with E-state index in [1.54, 1.807) is 13.0 Å². The SMILES string of the molecule is CCCOC(=O)c1ccccc1C.CCO. The van der Waals surface area contributed by atoms with Crippen LogP contribution < -0.4 is 0 Å². The van der Waals surface area contributed by atoms with Gasteiger partial charge in [-0.3, -0.25) is 0 Å². The Morgan fingerprint density at radius 1 is 1.31 bits per heavy atom. The van der Waals surface area contributed by atoms with Crippen molar-refractivity contribution in [2.45, 2.75) is 27.2 Å². The minimum absolute atomic E-state index is 0.222. The van der Waals surface area contributed by atoms with Gasteiger partial charge in [-0.25, -0.2) is 4.79 Å². The lowest BCUT2D eigenvalue weighted by Gasteiger charge is -2.04. The summed E-state index contributed by atoms with van der Waals surface area (Å²) in [5.74, 6) is -0.222. The van der Waals surface area contributed by atoms with Crippen LogP contribution in [0, 0.1) is 6.92 Å². The van der Waals surface area contributed by atoms with Crippen molar-refractivity contribution in [2.75, 3.05) is 13.2 Å². The molecule has 0 amide bonds. The number of aliphatic hydroxyl groups excluding tert-OH is 1. The Labute approximate surface area is 97.1 Å². The minimum atomic E-state index is -0.222. The largest absolute Gasteiger partial charge is 0.462 e. The Kier molecular flexibility index (Phi) is 8.17. The summed E-state index contributed by atoms with van der Waals surface area (Å²) in [5.41, 5.74) is 1.62. The van der Waals surface area contributed by atoms with Crippen LogP contribution in [-0.4, -0.2) is 24.3 Å². The molecule has 1 N–H and O–H groups in total. The van der Waals surface area contributed by atoms with Crippen LogP contribution in [0.25, 0.3) is 0 Å². The second kappa shape index (κ2) is 8.92. The van der Waals surface area contributed by atoms with Crippen molar-refractivity contribution in [3.05, 3.63) is 35.4 Å². The Hall–Kier alpha value is -1.35. The Morgan fingerprint density at radius 3 is 2.38 bits per heavy atom. The fourth-order valence-electron chi connectivity index (χ4n) is 1.07. The molecule has 0 heterocycles. The van der Waals surface area contributed by atoms with Gasteiger partial charge in [0.25, 0.3) is 0 Å². The lowest BCUT2D eigenvalue weighted by atomic mass is 10.1. The highest BCUT2D eigenvalue weighted by Crippen LogP contribution is 2.08. The maximum absolute atomic E-state index is 11.4. The molecule has 0 aliphatic rings. The highest BCUT2D eigenvalue weighted by Gasteiger charge is 2.07. The second-order valence-corrected chi connectivity index (χ2v) is 3.27. The highest BCUT2D eigenvalue weighted by atomic mass is 16.5. The van der Waals surface area contributed by atoms with Gasteiger partial charge in [-0.05, 0) is 31.9 Å². The summed E-state index contributed by atoms with van der Waals surface area (Å²) >= 11 is 0. The molecule has 3 heteroatoms. The van der Waals surface area contributed by atoms with Crippen molar-refractivity contribution in [3.63, 3.8) is 0 Å². The fraction of sp³-hybridized carbons (Fsp3) is 0.462. The number of benzene rings is 1. The summed E-state index contributed by atoms with van der Waals surface area (Å²) < 4.78 is 5.02. The summed E-state index contributed by atoms with van der Waals surface area (Å²) in [6.07, 6.45) is 0.859. The molecule has 16 heavy (non-hydrogen) atoms. The van der Waals surface area contributed by atoms with Gasteiger partial charge in [0.05, 0.1) is 12.2 Å². The van der Waals surface area contributed by atoms with Gasteiger partial charge in [-0.1, -0.05) is 25.1 Å². The van der Waals surface area contributed by atoms with E-state index in [-0.39, 0.29) is 12.6 Å². The third kappa shape index (κ3) is 5.51. The number of hydrogen-bond acceptors (Lipinski definition) is 3. The van der Waals surface area contributed by atoms with E-state index in [1.165, 1.54) is 0 Å². The molecular formula is C13H20O3. The summed E-state index contributed by atoms with van der Waals surface area (Å²) in [6, 6.07) is 7.44. The van der Waals surface area contributed by atoms with Crippen LogP contribution >= 0.6 is 0 Å². The average Bonchev–Trinajstić information content (AvgIpc) is 2.27. The molecule has 0 fully saturated rings. The maximum Gasteiger partial charge on any atom is 0.338 e. The first-order chi connectivity index (χ1) is 7.67. The molecule has 3 nitrogen and oxygen atoms in total. The first kappa shape index (κ1) is 14.6. The molecule has 1 aromatic rings. The van der Waals surface area contributed by atoms with E-state index in [0.29, 0.717) is 12.2 Å². The number of hydrogen-bond donors (Lipinski definition) is 1. The van der Waals surface area contributed by atoms with Crippen LogP contribution in [0.4, 0.5) is 0 Å². The number of ether oxygens (including phenoxy) is 1. The Balaban J connectivity index is 0.000000673. The van der Waals surface area contributed by atoms with Crippen LogP contribution in [0.1, 0.15) is 36.2 Å². The third-order valence-electron chi connectivity index (χ3n) is 1.80. The lowest BCUT2D eigenvalue weighted by molar-refractivity contribution is 0.0504. The van der Waals surface area contributed by atoms with Crippen LogP contribution in [-0.2, 0) is 4.74 Å². The zero-order valence-corrected chi connectivity index (χ0v) is 10.2. The molecule has 0 aromatic heterocycles. The van der Waals surface area contributed by atoms with Gasteiger partial charge >= 0.3 is 5.97 Å². The quantitative estimate of drug-likeness (QED) is 0.803. The minimum Gasteiger partial charge on any atom is -0.462 e. The molecule has 0 atom stereocenters. The van der Waals surface area contributed by atoms with E-state index in [0.717, 1.165) is 12.0 Å². The summed E-state index contributed by atoms with van der Waals surface area (Å²) in [7, 11) is 0. The van der Waals surface area contributed by atoms with Gasteiger partial charge in [0.1, 0.15) is 0 Å². The van der Waals surface area contributed by atoms with E-state index in [4.69, 9.17) is 9.84 Å². The lowest BCUT2D eigenvalue weighted by Crippen LogP contribution is -2.07. The van der Waals surface area contributed by atoms with E-state index in [2.05, 4.69) is 0 Å². The Morgan fingerprint density at radius 2 is 1.88 bits per heavy atom. The van der Waals surface area contributed by atoms with Gasteiger partial charge in [0.15, 0.2) is 0 Å². The molecule has 0 radical (unpaired) electrons. The number of carbonyl (C=O) groups is 1. The molecular weight excluding hydrogens is 204 g/mol. The van der Waals surface area contributed by atoms with Gasteiger partial charge < -0.3 is 9.84 Å². The number of rotatable bonds is 3. The molecule has 0 saturated carbocycles. The van der Waals surface area contributed by atoms with Crippen molar-refractivity contribution in [1.29, 1.82) is 0 Å². The first-order valence-electron chi connectivity index (χ1n) is 5.50. The molecule has 90 valence electrons. The predicted molar refractivity (Wildman–Crippen MR) is 64.5 cm³/mol. The van der Waals surface area contributed by atoms with Crippen molar-refractivity contribution in [3.8, 4) is 0 Å². The molecule has 1 rings (SSSR count). The van der Waals surface area contributed by atoms with Crippen LogP contribution in [0.3, 0.4) is 0 Å². The van der Waals surface area contributed by atoms with E-state index in [1.807, 2.05) is 32.0 Å². The van der Waals surface area contributed by atoms with E-state index >= 15 is 0 Å². The zero-order valence-electron chi connectivity index (χ0n) is 10.2. The number of esters is 1. The Bertz CT molecular complexity index is 308. The van der Waals surface area contributed by atoms with Gasteiger partial charge in [0.2, 0.25) is 0 Å². The van der Waals surface area contributed by atoms with Crippen molar-refractivity contribution in [1.82, 2.24) is 0 Å². The highest BCUT2D eigenvalue weighted by molar-refractivity contribution is 5.90. The van der Waals surface area contributed by atoms with E-state index < -0.39 is 0 Å². The monoisotopic (exact) mass is 224 g/mol. The maximum atomic E-state index is 11.4. The number of carbonyl (C=O) groups excluding carboxylic acids is 1. The summed E-state index contributed by atoms with van der Waals surface area (Å²) in [4.78, 5) is 11.4. The van der Waals surface area contributed by atoms with E-state index in [9.17, 15) is 4.79 Å². The summed E-state index contributed by atoms with van der Waals surface area (Å²) in [5, 5.41) is 7.57. The molecule has 0 saturated heterocycles. The number of aliphatic hydroxyl groups is 1. The standard InChI is InChI=1S/C11H14O2.C2H6O/c1-3-8-13-11(12)10-7-5-4-6-9(10)2;1-2-3/h4-7H,3,8H2,1-2H3;3H,2H2,1H3. The molecule has 0 aliphatic heterocycles. The topological polar surface area (TPSA) is 46.5 Å². The normalized spacial score (nSPS) is 9.00. The van der Waals surface area contributed by atoms with Crippen molar-refractivity contribution in [2.24, 2.45) is 0 Å². The molecule has 0 bridgehead atoms. The smallest absolute Gasteiger partial charge is 0.338 e. The molecule has 1 aromatic carbocycles. The van der Waals surface area contributed by atoms with Gasteiger partial charge in [-0.15, -0.1) is 0 Å². The molecule has 0 aliphatic carbocycles. The average molecular weight is 224 g/mol.